The molecule has 2 aromatic carbocycles. The highest BCUT2D eigenvalue weighted by Crippen LogP contribution is 2.54. The molecule has 1 aromatic heterocycles. The van der Waals surface area contributed by atoms with Gasteiger partial charge in [0.25, 0.3) is 5.91 Å². The monoisotopic (exact) mass is 640 g/mol. The standard InChI is InChI=1S/C35H40N6O6/c1-4-22(3)27(20-42)41-31-34(45)38(21-40-26-11-7-6-10-25(26)36-37-40)18-9-17-35(31)30(33(41)44)29-28(47-35)12-8-19-39(32(29)43)23-13-15-24(16-14-23)46-5-2/h6-17,22,27-31,42H,4-5,18-21H2,1-3H3/t22-,27-,28+,29-,30-,31?,35-/m0/s1. The summed E-state index contributed by atoms with van der Waals surface area (Å²) < 4.78 is 14.1. The van der Waals surface area contributed by atoms with Crippen LogP contribution in [0.1, 0.15) is 27.2 Å². The minimum absolute atomic E-state index is 0.104. The van der Waals surface area contributed by atoms with E-state index in [0.717, 1.165) is 5.52 Å². The van der Waals surface area contributed by atoms with E-state index in [4.69, 9.17) is 9.47 Å². The van der Waals surface area contributed by atoms with Crippen LogP contribution in [0.4, 0.5) is 5.69 Å². The Morgan fingerprint density at radius 2 is 1.81 bits per heavy atom. The molecule has 2 fully saturated rings. The number of carbonyl (C=O) groups is 3. The molecule has 0 radical (unpaired) electrons. The molecular weight excluding hydrogens is 600 g/mol. The van der Waals surface area contributed by atoms with Crippen molar-refractivity contribution in [3.63, 3.8) is 0 Å². The van der Waals surface area contributed by atoms with Crippen molar-refractivity contribution in [2.45, 2.75) is 57.6 Å². The molecule has 47 heavy (non-hydrogen) atoms. The molecule has 7 atom stereocenters. The van der Waals surface area contributed by atoms with Crippen LogP contribution in [0.25, 0.3) is 11.0 Å². The van der Waals surface area contributed by atoms with Gasteiger partial charge < -0.3 is 29.3 Å². The quantitative estimate of drug-likeness (QED) is 0.354. The molecule has 2 saturated heterocycles. The molecule has 12 heteroatoms. The van der Waals surface area contributed by atoms with Crippen LogP contribution in [0.15, 0.2) is 72.8 Å². The number of benzene rings is 2. The first-order chi connectivity index (χ1) is 22.8. The third kappa shape index (κ3) is 4.92. The molecule has 246 valence electrons. The van der Waals surface area contributed by atoms with E-state index in [1.54, 1.807) is 14.5 Å². The first-order valence-corrected chi connectivity index (χ1v) is 16.4. The Morgan fingerprint density at radius 1 is 1.02 bits per heavy atom. The maximum absolute atomic E-state index is 14.8. The van der Waals surface area contributed by atoms with Crippen molar-refractivity contribution in [3.05, 3.63) is 72.8 Å². The van der Waals surface area contributed by atoms with Crippen molar-refractivity contribution in [2.75, 3.05) is 31.2 Å². The van der Waals surface area contributed by atoms with Gasteiger partial charge in [0.05, 0.1) is 42.7 Å². The predicted molar refractivity (Wildman–Crippen MR) is 173 cm³/mol. The normalized spacial score (nSPS) is 28.3. The van der Waals surface area contributed by atoms with Gasteiger partial charge in [-0.3, -0.25) is 14.4 Å². The number of carbonyl (C=O) groups excluding carboxylic acids is 3. The fourth-order valence-corrected chi connectivity index (χ4v) is 7.73. The lowest BCUT2D eigenvalue weighted by Gasteiger charge is -2.40. The molecule has 1 spiro atoms. The zero-order valence-corrected chi connectivity index (χ0v) is 26.8. The molecule has 12 nitrogen and oxygen atoms in total. The summed E-state index contributed by atoms with van der Waals surface area (Å²) in [5, 5.41) is 19.2. The molecule has 1 N–H and O–H groups in total. The molecule has 0 saturated carbocycles. The number of aliphatic hydroxyl groups is 1. The number of hydrogen-bond acceptors (Lipinski definition) is 8. The average molecular weight is 641 g/mol. The number of nitrogens with zero attached hydrogens (tertiary/aromatic N) is 6. The van der Waals surface area contributed by atoms with Gasteiger partial charge in [-0.05, 0) is 49.2 Å². The Morgan fingerprint density at radius 3 is 2.55 bits per heavy atom. The highest BCUT2D eigenvalue weighted by molar-refractivity contribution is 6.04. The lowest BCUT2D eigenvalue weighted by atomic mass is 9.77. The maximum Gasteiger partial charge on any atom is 0.250 e. The van der Waals surface area contributed by atoms with Gasteiger partial charge in [0.1, 0.15) is 29.6 Å². The Labute approximate surface area is 273 Å². The van der Waals surface area contributed by atoms with E-state index in [-0.39, 0.29) is 43.5 Å². The Balaban J connectivity index is 1.29. The van der Waals surface area contributed by atoms with Gasteiger partial charge >= 0.3 is 0 Å². The second-order valence-electron chi connectivity index (χ2n) is 12.7. The number of rotatable bonds is 9. The van der Waals surface area contributed by atoms with E-state index < -0.39 is 35.6 Å². The summed E-state index contributed by atoms with van der Waals surface area (Å²) in [5.41, 5.74) is 0.747. The molecule has 4 aliphatic rings. The van der Waals surface area contributed by atoms with Crippen molar-refractivity contribution in [3.8, 4) is 5.75 Å². The number of para-hydroxylation sites is 1. The summed E-state index contributed by atoms with van der Waals surface area (Å²) in [4.78, 5) is 48.9. The molecule has 4 aliphatic heterocycles. The van der Waals surface area contributed by atoms with E-state index in [0.29, 0.717) is 36.5 Å². The molecule has 3 amide bonds. The summed E-state index contributed by atoms with van der Waals surface area (Å²) >= 11 is 0. The Hall–Kier alpha value is -4.55. The minimum atomic E-state index is -1.41. The minimum Gasteiger partial charge on any atom is -0.494 e. The van der Waals surface area contributed by atoms with Crippen LogP contribution in [0, 0.1) is 17.8 Å². The molecular formula is C35H40N6O6. The molecule has 5 heterocycles. The van der Waals surface area contributed by atoms with Crippen molar-refractivity contribution >= 4 is 34.4 Å². The highest BCUT2D eigenvalue weighted by Gasteiger charge is 2.72. The van der Waals surface area contributed by atoms with E-state index in [9.17, 15) is 19.5 Å². The molecule has 7 rings (SSSR count). The van der Waals surface area contributed by atoms with E-state index in [1.807, 2.05) is 93.6 Å². The smallest absolute Gasteiger partial charge is 0.250 e. The maximum atomic E-state index is 14.8. The SMILES string of the molecule is CCOc1ccc(N2CC=C[C@H]3O[C@]45C=CCN(Cn6nnc7ccccc76)C(=O)C4N([C@@H](CO)[C@@H](C)CC)C(=O)[C@@H]5[C@H]3C2=O)cc1. The fourth-order valence-electron chi connectivity index (χ4n) is 7.73. The Kier molecular flexibility index (Phi) is 8.09. The van der Waals surface area contributed by atoms with E-state index in [2.05, 4.69) is 10.3 Å². The van der Waals surface area contributed by atoms with Gasteiger partial charge in [0.15, 0.2) is 0 Å². The second-order valence-corrected chi connectivity index (χ2v) is 12.7. The van der Waals surface area contributed by atoms with Gasteiger partial charge in [-0.1, -0.05) is 61.9 Å². The summed E-state index contributed by atoms with van der Waals surface area (Å²) in [6, 6.07) is 13.1. The zero-order valence-electron chi connectivity index (χ0n) is 26.8. The van der Waals surface area contributed by atoms with Crippen LogP contribution in [0.5, 0.6) is 5.75 Å². The first-order valence-electron chi connectivity index (χ1n) is 16.4. The number of likely N-dealkylation sites (tertiary alicyclic amines) is 1. The summed E-state index contributed by atoms with van der Waals surface area (Å²) in [6.07, 6.45) is 7.36. The predicted octanol–water partition coefficient (Wildman–Crippen LogP) is 2.78. The van der Waals surface area contributed by atoms with Gasteiger partial charge in [0.2, 0.25) is 11.8 Å². The molecule has 0 aliphatic carbocycles. The van der Waals surface area contributed by atoms with Crippen LogP contribution in [-0.2, 0) is 25.8 Å². The van der Waals surface area contributed by atoms with Crippen LogP contribution in [0.3, 0.4) is 0 Å². The van der Waals surface area contributed by atoms with Crippen LogP contribution in [0.2, 0.25) is 0 Å². The van der Waals surface area contributed by atoms with Crippen LogP contribution >= 0.6 is 0 Å². The lowest BCUT2D eigenvalue weighted by Crippen LogP contribution is -2.59. The number of ether oxygens (including phenoxy) is 2. The van der Waals surface area contributed by atoms with Crippen molar-refractivity contribution in [1.29, 1.82) is 0 Å². The number of fused-ring (bicyclic) bond motifs is 3. The fraction of sp³-hybridized carbons (Fsp3) is 0.457. The van der Waals surface area contributed by atoms with Crippen LogP contribution < -0.4 is 9.64 Å². The van der Waals surface area contributed by atoms with Crippen LogP contribution in [-0.4, -0.2) is 97.7 Å². The molecule has 0 bridgehead atoms. The summed E-state index contributed by atoms with van der Waals surface area (Å²) in [6.45, 7) is 6.72. The third-order valence-electron chi connectivity index (χ3n) is 10.2. The van der Waals surface area contributed by atoms with E-state index >= 15 is 0 Å². The number of anilines is 1. The average Bonchev–Trinajstić information content (AvgIpc) is 3.64. The highest BCUT2D eigenvalue weighted by atomic mass is 16.5. The van der Waals surface area contributed by atoms with Gasteiger partial charge in [0, 0.05) is 18.8 Å². The number of aromatic nitrogens is 3. The molecule has 3 aromatic rings. The largest absolute Gasteiger partial charge is 0.494 e. The first kappa shape index (κ1) is 31.1. The van der Waals surface area contributed by atoms with Crippen molar-refractivity contribution in [2.24, 2.45) is 17.8 Å². The second kappa shape index (κ2) is 12.2. The van der Waals surface area contributed by atoms with Gasteiger partial charge in [-0.2, -0.15) is 0 Å². The lowest BCUT2D eigenvalue weighted by molar-refractivity contribution is -0.152. The summed E-state index contributed by atoms with van der Waals surface area (Å²) in [5.74, 6) is -2.20. The van der Waals surface area contributed by atoms with Crippen molar-refractivity contribution in [1.82, 2.24) is 24.8 Å². The topological polar surface area (TPSA) is 130 Å². The number of aliphatic hydroxyl groups excluding tert-OH is 1. The summed E-state index contributed by atoms with van der Waals surface area (Å²) in [7, 11) is 0. The third-order valence-corrected chi connectivity index (χ3v) is 10.2. The van der Waals surface area contributed by atoms with Crippen molar-refractivity contribution < 1.29 is 29.0 Å². The zero-order chi connectivity index (χ0) is 32.9. The Bertz CT molecular complexity index is 1740. The number of amides is 3. The number of hydrogen-bond donors (Lipinski definition) is 1. The molecule has 1 unspecified atom stereocenters. The van der Waals surface area contributed by atoms with E-state index in [1.165, 1.54) is 4.90 Å². The van der Waals surface area contributed by atoms with Gasteiger partial charge in [-0.25, -0.2) is 4.68 Å². The van der Waals surface area contributed by atoms with Gasteiger partial charge in [-0.15, -0.1) is 5.10 Å².